The third-order valence-corrected chi connectivity index (χ3v) is 30.1. The quantitative estimate of drug-likeness (QED) is 0.0713. The van der Waals surface area contributed by atoms with E-state index in [0.717, 1.165) is 60.2 Å². The van der Waals surface area contributed by atoms with Gasteiger partial charge in [-0.2, -0.15) is 0 Å². The molecule has 0 aliphatic carbocycles. The zero-order valence-electron chi connectivity index (χ0n) is 32.6. The Labute approximate surface area is 299 Å². The molecule has 2 aromatic carbocycles. The van der Waals surface area contributed by atoms with Crippen molar-refractivity contribution in [2.75, 3.05) is 25.8 Å². The van der Waals surface area contributed by atoms with E-state index in [2.05, 4.69) is 91.1 Å². The molecular weight excluding hydrogens is 701 g/mol. The van der Waals surface area contributed by atoms with Gasteiger partial charge in [0.05, 0.1) is 7.11 Å². The lowest BCUT2D eigenvalue weighted by atomic mass is 10.1. The predicted octanol–water partition coefficient (Wildman–Crippen LogP) is 9.29. The maximum absolute atomic E-state index is 11.7. The first kappa shape index (κ1) is 43.0. The molecule has 0 heterocycles. The van der Waals surface area contributed by atoms with Gasteiger partial charge in [0.15, 0.2) is 41.6 Å². The molecule has 0 bridgehead atoms. The summed E-state index contributed by atoms with van der Waals surface area (Å²) in [6.07, 6.45) is 3.02. The van der Waals surface area contributed by atoms with Gasteiger partial charge >= 0.3 is 5.97 Å². The smallest absolute Gasteiger partial charge is 0.308 e. The molecule has 2 aromatic rings. The molecule has 272 valence electrons. The molecule has 1 unspecified atom stereocenters. The highest BCUT2D eigenvalue weighted by molar-refractivity contribution is 6.94. The highest BCUT2D eigenvalue weighted by atomic mass is 28.5. The van der Waals surface area contributed by atoms with Crippen molar-refractivity contribution in [3.8, 4) is 11.5 Å². The first-order valence-corrected chi connectivity index (χ1v) is 36.2. The van der Waals surface area contributed by atoms with E-state index < -0.39 is 49.7 Å². The van der Waals surface area contributed by atoms with E-state index in [9.17, 15) is 4.79 Å². The maximum atomic E-state index is 11.7. The van der Waals surface area contributed by atoms with Gasteiger partial charge in [0, 0.05) is 25.6 Å². The molecule has 7 nitrogen and oxygen atoms in total. The molecule has 13 heteroatoms. The Hall–Kier alpha value is -1.15. The number of hydrogen-bond acceptors (Lipinski definition) is 7. The third kappa shape index (κ3) is 15.8. The second-order valence-corrected chi connectivity index (χ2v) is 43.7. The molecule has 0 spiro atoms. The van der Waals surface area contributed by atoms with Crippen molar-refractivity contribution < 1.29 is 31.7 Å². The van der Waals surface area contributed by atoms with Crippen molar-refractivity contribution in [3.63, 3.8) is 0 Å². The van der Waals surface area contributed by atoms with Gasteiger partial charge in [-0.25, -0.2) is 0 Å². The summed E-state index contributed by atoms with van der Waals surface area (Å²) in [6, 6.07) is 19.0. The van der Waals surface area contributed by atoms with Gasteiger partial charge in [0.1, 0.15) is 19.6 Å². The van der Waals surface area contributed by atoms with E-state index >= 15 is 0 Å². The van der Waals surface area contributed by atoms with Crippen LogP contribution >= 0.6 is 0 Å². The molecule has 2 rings (SSSR count). The normalized spacial score (nSPS) is 14.5. The second-order valence-electron chi connectivity index (χ2n) is 16.8. The van der Waals surface area contributed by atoms with Crippen molar-refractivity contribution in [2.24, 2.45) is 0 Å². The standard InChI is InChI=1S/C35H66O7Si6/c1-15-48(29-40-46(11,12)30-47(13,14)42-43(4,5)6,28-39-45(9,10)26-33-21-17-18-22-34(33)37-3)27-38-44(7,8)25-24-32-20-16-19-23-35(32)41-31(2)36/h16-23H,15,24-30H2,1-14H3. The number of ether oxygens (including phenoxy) is 2. The molecule has 0 aromatic heterocycles. The molecule has 48 heavy (non-hydrogen) atoms. The summed E-state index contributed by atoms with van der Waals surface area (Å²) in [5.41, 5.74) is 3.33. The highest BCUT2D eigenvalue weighted by Crippen LogP contribution is 2.29. The van der Waals surface area contributed by atoms with Crippen molar-refractivity contribution in [1.29, 1.82) is 0 Å². The average Bonchev–Trinajstić information content (AvgIpc) is 2.94. The summed E-state index contributed by atoms with van der Waals surface area (Å²) in [5, 5.41) is 0. The summed E-state index contributed by atoms with van der Waals surface area (Å²) >= 11 is 0. The Bertz CT molecular complexity index is 1310. The third-order valence-electron chi connectivity index (χ3n) is 8.52. The van der Waals surface area contributed by atoms with Crippen molar-refractivity contribution in [2.45, 2.75) is 116 Å². The monoisotopic (exact) mass is 766 g/mol. The summed E-state index contributed by atoms with van der Waals surface area (Å²) < 4.78 is 39.0. The second kappa shape index (κ2) is 17.9. The lowest BCUT2D eigenvalue weighted by molar-refractivity contribution is -0.131. The Morgan fingerprint density at radius 2 is 1.15 bits per heavy atom. The van der Waals surface area contributed by atoms with Crippen LogP contribution in [0.15, 0.2) is 48.5 Å². The fraction of sp³-hybridized carbons (Fsp3) is 0.629. The van der Waals surface area contributed by atoms with Crippen LogP contribution in [-0.4, -0.2) is 81.4 Å². The maximum Gasteiger partial charge on any atom is 0.308 e. The van der Waals surface area contributed by atoms with Crippen LogP contribution in [0.4, 0.5) is 0 Å². The zero-order valence-corrected chi connectivity index (χ0v) is 38.6. The minimum absolute atomic E-state index is 0.296. The van der Waals surface area contributed by atoms with Crippen LogP contribution in [0, 0.1) is 0 Å². The number of methoxy groups -OCH3 is 1. The van der Waals surface area contributed by atoms with Crippen LogP contribution < -0.4 is 9.47 Å². The van der Waals surface area contributed by atoms with E-state index in [4.69, 9.17) is 26.9 Å². The van der Waals surface area contributed by atoms with E-state index in [0.29, 0.717) is 5.75 Å². The van der Waals surface area contributed by atoms with Gasteiger partial charge in [-0.3, -0.25) is 4.79 Å². The van der Waals surface area contributed by atoms with Crippen LogP contribution in [0.3, 0.4) is 0 Å². The summed E-state index contributed by atoms with van der Waals surface area (Å²) in [5.74, 6) is 1.28. The lowest BCUT2D eigenvalue weighted by Crippen LogP contribution is -2.57. The minimum Gasteiger partial charge on any atom is -0.496 e. The molecule has 0 aliphatic rings. The average molecular weight is 767 g/mol. The molecule has 0 N–H and O–H groups in total. The van der Waals surface area contributed by atoms with E-state index in [1.54, 1.807) is 7.11 Å². The van der Waals surface area contributed by atoms with E-state index in [1.165, 1.54) is 12.5 Å². The van der Waals surface area contributed by atoms with Crippen LogP contribution in [0.25, 0.3) is 0 Å². The minimum atomic E-state index is -2.18. The summed E-state index contributed by atoms with van der Waals surface area (Å²) in [4.78, 5) is 11.7. The number of carbonyl (C=O) groups excluding carboxylic acids is 1. The topological polar surface area (TPSA) is 72.5 Å². The number of rotatable bonds is 21. The largest absolute Gasteiger partial charge is 0.496 e. The highest BCUT2D eigenvalue weighted by Gasteiger charge is 2.43. The van der Waals surface area contributed by atoms with Gasteiger partial charge in [-0.05, 0) is 119 Å². The SMILES string of the molecule is CC[Si](CO[Si](C)(C)CCc1ccccc1OC(C)=O)(CO[Si](C)(C)Cc1ccccc1OC)CO[Si](C)(C)C[Si](C)(C)O[Si](C)(C)C. The molecule has 0 saturated heterocycles. The van der Waals surface area contributed by atoms with Crippen LogP contribution in [0.5, 0.6) is 11.5 Å². The van der Waals surface area contributed by atoms with Crippen LogP contribution in [0.2, 0.25) is 89.8 Å². The number of para-hydroxylation sites is 2. The predicted molar refractivity (Wildman–Crippen MR) is 216 cm³/mol. The number of carbonyl (C=O) groups is 1. The Kier molecular flexibility index (Phi) is 16.0. The Balaban J connectivity index is 2.26. The first-order chi connectivity index (χ1) is 22.0. The van der Waals surface area contributed by atoms with Crippen molar-refractivity contribution in [1.82, 2.24) is 0 Å². The van der Waals surface area contributed by atoms with Gasteiger partial charge in [0.25, 0.3) is 0 Å². The van der Waals surface area contributed by atoms with Crippen LogP contribution in [0.1, 0.15) is 25.0 Å². The van der Waals surface area contributed by atoms with Gasteiger partial charge in [-0.15, -0.1) is 0 Å². The summed E-state index contributed by atoms with van der Waals surface area (Å²) in [6.45, 7) is 29.3. The number of hydrogen-bond donors (Lipinski definition) is 0. The number of aryl methyl sites for hydroxylation is 1. The van der Waals surface area contributed by atoms with Gasteiger partial charge in [0.2, 0.25) is 0 Å². The van der Waals surface area contributed by atoms with Crippen molar-refractivity contribution >= 4 is 55.6 Å². The van der Waals surface area contributed by atoms with E-state index in [1.807, 2.05) is 36.4 Å². The van der Waals surface area contributed by atoms with Crippen molar-refractivity contribution in [3.05, 3.63) is 59.7 Å². The Morgan fingerprint density at radius 1 is 0.646 bits per heavy atom. The molecule has 1 atom stereocenters. The lowest BCUT2D eigenvalue weighted by Gasteiger charge is -2.40. The fourth-order valence-corrected chi connectivity index (χ4v) is 34.0. The molecule has 0 aliphatic heterocycles. The molecule has 0 fully saturated rings. The van der Waals surface area contributed by atoms with E-state index in [-0.39, 0.29) is 5.97 Å². The fourth-order valence-electron chi connectivity index (χ4n) is 6.25. The molecular formula is C35H66O7Si6. The molecule has 0 radical (unpaired) electrons. The zero-order chi connectivity index (χ0) is 36.4. The summed E-state index contributed by atoms with van der Waals surface area (Å²) in [7, 11) is -10.1. The Morgan fingerprint density at radius 3 is 1.67 bits per heavy atom. The van der Waals surface area contributed by atoms with Crippen LogP contribution in [-0.2, 0) is 34.7 Å². The number of esters is 1. The number of benzene rings is 2. The van der Waals surface area contributed by atoms with Gasteiger partial charge in [-0.1, -0.05) is 49.4 Å². The molecule has 0 amide bonds. The van der Waals surface area contributed by atoms with Gasteiger partial charge < -0.3 is 26.9 Å². The molecule has 0 saturated carbocycles. The first-order valence-electron chi connectivity index (χ1n) is 17.5.